The highest BCUT2D eigenvalue weighted by Crippen LogP contribution is 2.46. The Hall–Kier alpha value is -4.15. The van der Waals surface area contributed by atoms with Gasteiger partial charge in [0, 0.05) is 5.56 Å². The first-order valence-electron chi connectivity index (χ1n) is 12.0. The zero-order chi connectivity index (χ0) is 26.0. The molecule has 1 amide bonds. The molecule has 37 heavy (non-hydrogen) atoms. The summed E-state index contributed by atoms with van der Waals surface area (Å²) in [5.41, 5.74) is 3.47. The molecule has 0 saturated heterocycles. The average Bonchev–Trinajstić information content (AvgIpc) is 3.64. The zero-order valence-corrected chi connectivity index (χ0v) is 21.6. The molecular formula is C30H26N2O4S. The number of benzene rings is 3. The minimum Gasteiger partial charge on any atom is -0.468 e. The van der Waals surface area contributed by atoms with Gasteiger partial charge < -0.3 is 9.47 Å². The molecule has 0 bridgehead atoms. The normalized spacial score (nSPS) is 14.2. The summed E-state index contributed by atoms with van der Waals surface area (Å²) >= 11 is 1.33. The van der Waals surface area contributed by atoms with Crippen molar-refractivity contribution in [3.8, 4) is 22.3 Å². The van der Waals surface area contributed by atoms with Gasteiger partial charge in [-0.15, -0.1) is 0 Å². The van der Waals surface area contributed by atoms with E-state index in [2.05, 4.69) is 27.6 Å². The Labute approximate surface area is 219 Å². The van der Waals surface area contributed by atoms with Crippen molar-refractivity contribution in [2.75, 3.05) is 12.4 Å². The summed E-state index contributed by atoms with van der Waals surface area (Å²) in [7, 11) is 1.40. The molecule has 0 radical (unpaired) electrons. The van der Waals surface area contributed by atoms with Crippen LogP contribution in [0.15, 0.2) is 66.7 Å². The Morgan fingerprint density at radius 2 is 1.78 bits per heavy atom. The van der Waals surface area contributed by atoms with Gasteiger partial charge in [-0.3, -0.25) is 10.1 Å². The van der Waals surface area contributed by atoms with E-state index < -0.39 is 11.5 Å². The molecule has 5 rings (SSSR count). The lowest BCUT2D eigenvalue weighted by Gasteiger charge is -2.15. The lowest BCUT2D eigenvalue weighted by molar-refractivity contribution is -0.144. The predicted octanol–water partition coefficient (Wildman–Crippen LogP) is 6.89. The van der Waals surface area contributed by atoms with Gasteiger partial charge in [0.05, 0.1) is 23.4 Å². The molecule has 1 atom stereocenters. The minimum atomic E-state index is -0.638. The summed E-state index contributed by atoms with van der Waals surface area (Å²) in [4.78, 5) is 25.5. The van der Waals surface area contributed by atoms with Crippen molar-refractivity contribution < 1.29 is 19.1 Å². The van der Waals surface area contributed by atoms with Crippen molar-refractivity contribution in [2.24, 2.45) is 5.41 Å². The third-order valence-corrected chi connectivity index (χ3v) is 7.50. The Morgan fingerprint density at radius 1 is 1.05 bits per heavy atom. The Bertz CT molecular complexity index is 1540. The van der Waals surface area contributed by atoms with E-state index in [4.69, 9.17) is 9.47 Å². The van der Waals surface area contributed by atoms with Crippen LogP contribution in [0, 0.1) is 24.2 Å². The fraction of sp³-hybridized carbons (Fsp3) is 0.233. The molecule has 6 nitrogen and oxygen atoms in total. The Balaban J connectivity index is 1.35. The van der Waals surface area contributed by atoms with Gasteiger partial charge in [-0.1, -0.05) is 60.4 Å². The number of rotatable bonds is 5. The van der Waals surface area contributed by atoms with Crippen LogP contribution in [0.1, 0.15) is 42.7 Å². The van der Waals surface area contributed by atoms with Crippen LogP contribution in [0.4, 0.5) is 10.5 Å². The van der Waals surface area contributed by atoms with E-state index in [1.165, 1.54) is 18.6 Å². The van der Waals surface area contributed by atoms with Crippen LogP contribution in [0.25, 0.3) is 21.2 Å². The van der Waals surface area contributed by atoms with Crippen molar-refractivity contribution >= 4 is 40.1 Å². The predicted molar refractivity (Wildman–Crippen MR) is 145 cm³/mol. The molecule has 186 valence electrons. The Morgan fingerprint density at radius 3 is 2.51 bits per heavy atom. The van der Waals surface area contributed by atoms with Crippen LogP contribution in [0.3, 0.4) is 0 Å². The number of ether oxygens (including phenoxy) is 2. The zero-order valence-electron chi connectivity index (χ0n) is 20.8. The Kier molecular flexibility index (Phi) is 6.68. The monoisotopic (exact) mass is 510 g/mol. The van der Waals surface area contributed by atoms with Crippen molar-refractivity contribution in [3.05, 3.63) is 83.6 Å². The summed E-state index contributed by atoms with van der Waals surface area (Å²) < 4.78 is 15.0. The van der Waals surface area contributed by atoms with E-state index in [1.807, 2.05) is 74.5 Å². The lowest BCUT2D eigenvalue weighted by Crippen LogP contribution is -2.16. The van der Waals surface area contributed by atoms with Gasteiger partial charge in [-0.2, -0.15) is 4.37 Å². The second-order valence-electron chi connectivity index (χ2n) is 9.16. The molecule has 1 aliphatic carbocycles. The van der Waals surface area contributed by atoms with Gasteiger partial charge in [0.2, 0.25) is 0 Å². The molecular weight excluding hydrogens is 484 g/mol. The molecule has 1 saturated carbocycles. The number of amides is 1. The van der Waals surface area contributed by atoms with Crippen molar-refractivity contribution in [2.45, 2.75) is 32.8 Å². The van der Waals surface area contributed by atoms with Gasteiger partial charge in [0.15, 0.2) is 0 Å². The smallest absolute Gasteiger partial charge is 0.412 e. The molecule has 1 aromatic heterocycles. The first-order chi connectivity index (χ1) is 17.9. The number of hydrogen-bond acceptors (Lipinski definition) is 6. The fourth-order valence-corrected chi connectivity index (χ4v) is 5.00. The van der Waals surface area contributed by atoms with Crippen LogP contribution in [0.5, 0.6) is 0 Å². The number of anilines is 1. The number of methoxy groups -OCH3 is 1. The van der Waals surface area contributed by atoms with Gasteiger partial charge in [-0.25, -0.2) is 4.79 Å². The van der Waals surface area contributed by atoms with E-state index in [-0.39, 0.29) is 12.1 Å². The topological polar surface area (TPSA) is 77.5 Å². The summed E-state index contributed by atoms with van der Waals surface area (Å²) in [6, 6.07) is 21.7. The molecule has 3 aromatic carbocycles. The van der Waals surface area contributed by atoms with Crippen LogP contribution in [-0.4, -0.2) is 23.5 Å². The van der Waals surface area contributed by atoms with Crippen LogP contribution < -0.4 is 5.32 Å². The first-order valence-corrected chi connectivity index (χ1v) is 12.8. The number of esters is 1. The highest BCUT2D eigenvalue weighted by molar-refractivity contribution is 7.10. The third kappa shape index (κ3) is 5.20. The standard InChI is InChI=1S/C30H26N2O4S/c1-19-26(31-29(34)36-20(2)22-7-5-4-6-8-22)27(37-32-19)25-12-11-23-17-21(9-10-24(23)18-25)13-14-30(15-16-30)28(33)35-3/h4-12,17-18,20H,15-16H2,1-3H3,(H,31,34)/t20-/m1/s1. The van der Waals surface area contributed by atoms with Gasteiger partial charge in [-0.05, 0) is 78.3 Å². The van der Waals surface area contributed by atoms with E-state index >= 15 is 0 Å². The number of aryl methyl sites for hydroxylation is 1. The summed E-state index contributed by atoms with van der Waals surface area (Å²) in [5, 5.41) is 4.97. The van der Waals surface area contributed by atoms with Crippen LogP contribution in [-0.2, 0) is 14.3 Å². The third-order valence-electron chi connectivity index (χ3n) is 6.52. The maximum absolute atomic E-state index is 12.7. The molecule has 1 heterocycles. The largest absolute Gasteiger partial charge is 0.468 e. The molecule has 7 heteroatoms. The summed E-state index contributed by atoms with van der Waals surface area (Å²) in [6.45, 7) is 3.71. The van der Waals surface area contributed by atoms with E-state index in [1.54, 1.807) is 0 Å². The summed E-state index contributed by atoms with van der Waals surface area (Å²) in [5.74, 6) is 5.99. The quantitative estimate of drug-likeness (QED) is 0.234. The molecule has 0 spiro atoms. The summed E-state index contributed by atoms with van der Waals surface area (Å²) in [6.07, 6.45) is 0.585. The van der Waals surface area contributed by atoms with Crippen LogP contribution >= 0.6 is 11.5 Å². The van der Waals surface area contributed by atoms with Gasteiger partial charge in [0.25, 0.3) is 0 Å². The molecule has 0 aliphatic heterocycles. The number of carbonyl (C=O) groups is 2. The van der Waals surface area contributed by atoms with Gasteiger partial charge >= 0.3 is 12.1 Å². The highest BCUT2D eigenvalue weighted by Gasteiger charge is 2.50. The number of nitrogens with one attached hydrogen (secondary N) is 1. The van der Waals surface area contributed by atoms with E-state index in [0.29, 0.717) is 5.69 Å². The van der Waals surface area contributed by atoms with Crippen molar-refractivity contribution in [1.82, 2.24) is 4.37 Å². The molecule has 4 aromatic rings. The van der Waals surface area contributed by atoms with E-state index in [9.17, 15) is 9.59 Å². The van der Waals surface area contributed by atoms with Crippen molar-refractivity contribution in [1.29, 1.82) is 0 Å². The van der Waals surface area contributed by atoms with Crippen LogP contribution in [0.2, 0.25) is 0 Å². The van der Waals surface area contributed by atoms with E-state index in [0.717, 1.165) is 50.9 Å². The number of carbonyl (C=O) groups excluding carboxylic acids is 2. The maximum Gasteiger partial charge on any atom is 0.412 e. The molecule has 1 N–H and O–H groups in total. The number of hydrogen-bond donors (Lipinski definition) is 1. The molecule has 1 fully saturated rings. The lowest BCUT2D eigenvalue weighted by atomic mass is 10.0. The molecule has 0 unspecified atom stereocenters. The second kappa shape index (κ2) is 10.1. The van der Waals surface area contributed by atoms with Gasteiger partial charge in [0.1, 0.15) is 11.5 Å². The maximum atomic E-state index is 12.7. The molecule has 1 aliphatic rings. The highest BCUT2D eigenvalue weighted by atomic mass is 32.1. The van der Waals surface area contributed by atoms with Crippen molar-refractivity contribution in [3.63, 3.8) is 0 Å². The first kappa shape index (κ1) is 24.5. The number of fused-ring (bicyclic) bond motifs is 1. The minimum absolute atomic E-state index is 0.256. The number of nitrogens with zero attached hydrogens (tertiary/aromatic N) is 1. The average molecular weight is 511 g/mol. The SMILES string of the molecule is COC(=O)C1(C#Cc2ccc3cc(-c4snc(C)c4NC(=O)O[C@H](C)c4ccccc4)ccc3c2)CC1. The number of aromatic nitrogens is 1. The second-order valence-corrected chi connectivity index (χ2v) is 9.93. The fourth-order valence-electron chi connectivity index (χ4n) is 4.16.